The summed E-state index contributed by atoms with van der Waals surface area (Å²) in [5, 5.41) is 1.09. The van der Waals surface area contributed by atoms with Gasteiger partial charge in [-0.15, -0.1) is 0 Å². The molecule has 1 amide bonds. The summed E-state index contributed by atoms with van der Waals surface area (Å²) in [5.74, 6) is -0.0765. The van der Waals surface area contributed by atoms with Gasteiger partial charge in [0.05, 0.1) is 17.5 Å². The van der Waals surface area contributed by atoms with Gasteiger partial charge in [0.2, 0.25) is 5.91 Å². The summed E-state index contributed by atoms with van der Waals surface area (Å²) in [4.78, 5) is 17.2. The van der Waals surface area contributed by atoms with Crippen molar-refractivity contribution in [3.05, 3.63) is 29.3 Å². The van der Waals surface area contributed by atoms with E-state index in [1.165, 1.54) is 18.7 Å². The molecule has 2 atom stereocenters. The molecule has 8 heteroatoms. The lowest BCUT2D eigenvalue weighted by molar-refractivity contribution is -0.115. The number of hydrogen-bond acceptors (Lipinski definition) is 4. The molecule has 112 valence electrons. The lowest BCUT2D eigenvalue weighted by Crippen LogP contribution is -2.37. The van der Waals surface area contributed by atoms with E-state index >= 15 is 0 Å². The van der Waals surface area contributed by atoms with Crippen LogP contribution >= 0.6 is 23.4 Å². The highest BCUT2D eigenvalue weighted by Gasteiger charge is 2.49. The second-order valence-electron chi connectivity index (χ2n) is 5.06. The second kappa shape index (κ2) is 5.30. The van der Waals surface area contributed by atoms with Crippen molar-refractivity contribution in [2.45, 2.75) is 18.2 Å². The Morgan fingerprint density at radius 1 is 1.33 bits per heavy atom. The molecule has 2 saturated heterocycles. The Bertz CT molecular complexity index is 715. The Hall–Kier alpha value is -1.05. The van der Waals surface area contributed by atoms with Crippen LogP contribution in [0.1, 0.15) is 6.92 Å². The van der Waals surface area contributed by atoms with Gasteiger partial charge in [-0.25, -0.2) is 8.42 Å². The minimum atomic E-state index is -3.03. The van der Waals surface area contributed by atoms with Gasteiger partial charge in [0, 0.05) is 22.9 Å². The molecule has 21 heavy (non-hydrogen) atoms. The summed E-state index contributed by atoms with van der Waals surface area (Å²) in [6, 6.07) is 6.92. The third-order valence-electron chi connectivity index (χ3n) is 3.42. The third-order valence-corrected chi connectivity index (χ3v) is 6.89. The van der Waals surface area contributed by atoms with Crippen LogP contribution in [0.2, 0.25) is 5.02 Å². The summed E-state index contributed by atoms with van der Waals surface area (Å²) in [7, 11) is -3.03. The highest BCUT2D eigenvalue weighted by molar-refractivity contribution is 8.16. The number of rotatable bonds is 1. The van der Waals surface area contributed by atoms with Crippen LogP contribution < -0.4 is 4.90 Å². The van der Waals surface area contributed by atoms with Crippen molar-refractivity contribution >= 4 is 50.0 Å². The number of aliphatic imine (C=N–C) groups is 1. The molecule has 2 heterocycles. The number of fused-ring (bicyclic) bond motifs is 1. The molecule has 5 nitrogen and oxygen atoms in total. The molecule has 0 N–H and O–H groups in total. The minimum Gasteiger partial charge on any atom is -0.316 e. The minimum absolute atomic E-state index is 0.0798. The smallest absolute Gasteiger partial charge is 0.244 e. The van der Waals surface area contributed by atoms with E-state index in [4.69, 9.17) is 11.6 Å². The van der Waals surface area contributed by atoms with Crippen LogP contribution in [0.3, 0.4) is 0 Å². The summed E-state index contributed by atoms with van der Waals surface area (Å²) in [5.41, 5.74) is 0.802. The van der Waals surface area contributed by atoms with Gasteiger partial charge >= 0.3 is 0 Å². The molecule has 1 aromatic carbocycles. The first-order chi connectivity index (χ1) is 9.85. The summed E-state index contributed by atoms with van der Waals surface area (Å²) in [6.45, 7) is 1.39. The zero-order chi connectivity index (χ0) is 15.2. The van der Waals surface area contributed by atoms with E-state index in [1.807, 2.05) is 17.0 Å². The standard InChI is InChI=1S/C13H13ClN2O3S2/c1-8(17)15-13-16(10-4-2-9(14)3-5-10)11-6-21(18,19)7-12(11)20-13/h2-5,11-12H,6-7H2,1H3/t11-,12+/m1/s1. The maximum atomic E-state index is 11.8. The maximum absolute atomic E-state index is 11.8. The number of benzene rings is 1. The molecule has 0 aliphatic carbocycles. The number of halogens is 1. The number of amidine groups is 1. The molecular weight excluding hydrogens is 332 g/mol. The highest BCUT2D eigenvalue weighted by Crippen LogP contribution is 2.41. The van der Waals surface area contributed by atoms with Gasteiger partial charge < -0.3 is 4.90 Å². The number of carbonyl (C=O) groups is 1. The average Bonchev–Trinajstić information content (AvgIpc) is 2.81. The highest BCUT2D eigenvalue weighted by atomic mass is 35.5. The average molecular weight is 345 g/mol. The van der Waals surface area contributed by atoms with E-state index in [-0.39, 0.29) is 28.7 Å². The van der Waals surface area contributed by atoms with Gasteiger partial charge in [-0.05, 0) is 24.3 Å². The lowest BCUT2D eigenvalue weighted by Gasteiger charge is -2.24. The Kier molecular flexibility index (Phi) is 3.75. The van der Waals surface area contributed by atoms with Crippen LogP contribution in [-0.4, -0.2) is 42.3 Å². The number of nitrogens with zero attached hydrogens (tertiary/aromatic N) is 2. The van der Waals surface area contributed by atoms with Crippen molar-refractivity contribution in [3.8, 4) is 0 Å². The third kappa shape index (κ3) is 2.95. The van der Waals surface area contributed by atoms with E-state index < -0.39 is 9.84 Å². The van der Waals surface area contributed by atoms with Crippen LogP contribution in [-0.2, 0) is 14.6 Å². The Labute approximate surface area is 132 Å². The van der Waals surface area contributed by atoms with Crippen LogP contribution in [0, 0.1) is 0 Å². The monoisotopic (exact) mass is 344 g/mol. The predicted octanol–water partition coefficient (Wildman–Crippen LogP) is 1.96. The van der Waals surface area contributed by atoms with Crippen molar-refractivity contribution in [2.75, 3.05) is 16.4 Å². The number of sulfone groups is 1. The summed E-state index contributed by atoms with van der Waals surface area (Å²) < 4.78 is 23.7. The van der Waals surface area contributed by atoms with Crippen molar-refractivity contribution in [1.29, 1.82) is 0 Å². The molecule has 0 bridgehead atoms. The maximum Gasteiger partial charge on any atom is 0.244 e. The number of hydrogen-bond donors (Lipinski definition) is 0. The first kappa shape index (κ1) is 14.9. The Morgan fingerprint density at radius 3 is 2.62 bits per heavy atom. The zero-order valence-corrected chi connectivity index (χ0v) is 13.6. The van der Waals surface area contributed by atoms with E-state index in [1.54, 1.807) is 12.1 Å². The second-order valence-corrected chi connectivity index (χ2v) is 8.86. The van der Waals surface area contributed by atoms with Crippen LogP contribution in [0.5, 0.6) is 0 Å². The quantitative estimate of drug-likeness (QED) is 0.779. The fraction of sp³-hybridized carbons (Fsp3) is 0.385. The zero-order valence-electron chi connectivity index (χ0n) is 11.2. The lowest BCUT2D eigenvalue weighted by atomic mass is 10.2. The molecule has 2 aliphatic heterocycles. The molecule has 0 unspecified atom stereocenters. The van der Waals surface area contributed by atoms with Gasteiger partial charge in [0.25, 0.3) is 0 Å². The van der Waals surface area contributed by atoms with E-state index in [9.17, 15) is 13.2 Å². The van der Waals surface area contributed by atoms with Gasteiger partial charge in [-0.3, -0.25) is 4.79 Å². The van der Waals surface area contributed by atoms with Crippen molar-refractivity contribution in [2.24, 2.45) is 4.99 Å². The van der Waals surface area contributed by atoms with Crippen molar-refractivity contribution in [1.82, 2.24) is 0 Å². The fourth-order valence-electron chi connectivity index (χ4n) is 2.60. The van der Waals surface area contributed by atoms with E-state index in [0.717, 1.165) is 5.69 Å². The summed E-state index contributed by atoms with van der Waals surface area (Å²) in [6.07, 6.45) is 0. The number of carbonyl (C=O) groups excluding carboxylic acids is 1. The van der Waals surface area contributed by atoms with E-state index in [0.29, 0.717) is 10.2 Å². The SMILES string of the molecule is CC(=O)N=C1S[C@H]2CS(=O)(=O)C[C@H]2N1c1ccc(Cl)cc1. The van der Waals surface area contributed by atoms with E-state index in [2.05, 4.69) is 4.99 Å². The Balaban J connectivity index is 2.02. The van der Waals surface area contributed by atoms with Gasteiger partial charge in [0.15, 0.2) is 15.0 Å². The molecule has 0 radical (unpaired) electrons. The van der Waals surface area contributed by atoms with Crippen LogP contribution in [0.15, 0.2) is 29.3 Å². The molecule has 3 rings (SSSR count). The van der Waals surface area contributed by atoms with Crippen molar-refractivity contribution < 1.29 is 13.2 Å². The molecule has 2 aliphatic rings. The first-order valence-electron chi connectivity index (χ1n) is 6.37. The van der Waals surface area contributed by atoms with Crippen LogP contribution in [0.25, 0.3) is 0 Å². The molecule has 0 spiro atoms. The predicted molar refractivity (Wildman–Crippen MR) is 85.9 cm³/mol. The molecule has 0 aromatic heterocycles. The van der Waals surface area contributed by atoms with Crippen LogP contribution in [0.4, 0.5) is 5.69 Å². The van der Waals surface area contributed by atoms with Gasteiger partial charge in [0.1, 0.15) is 0 Å². The largest absolute Gasteiger partial charge is 0.316 e. The normalized spacial score (nSPS) is 28.9. The molecular formula is C13H13ClN2O3S2. The Morgan fingerprint density at radius 2 is 2.00 bits per heavy atom. The number of anilines is 1. The topological polar surface area (TPSA) is 66.8 Å². The van der Waals surface area contributed by atoms with Crippen molar-refractivity contribution in [3.63, 3.8) is 0 Å². The van der Waals surface area contributed by atoms with Gasteiger partial charge in [-0.2, -0.15) is 4.99 Å². The number of amides is 1. The molecule has 0 saturated carbocycles. The summed E-state index contributed by atoms with van der Waals surface area (Å²) >= 11 is 7.25. The van der Waals surface area contributed by atoms with Gasteiger partial charge in [-0.1, -0.05) is 23.4 Å². The number of thioether (sulfide) groups is 1. The fourth-order valence-corrected chi connectivity index (χ4v) is 6.69. The molecule has 2 fully saturated rings. The first-order valence-corrected chi connectivity index (χ1v) is 9.45. The molecule has 1 aromatic rings.